The molecule has 1 amide bonds. The summed E-state index contributed by atoms with van der Waals surface area (Å²) in [7, 11) is 0. The standard InChI is InChI=1S/C15H14BrNO2/c16-12-6-8-13(9-7-12)17-15(19)14(18)10-11-4-2-1-3-5-11/h1-9,14,18H,10H2,(H,17,19). The van der Waals surface area contributed by atoms with Crippen LogP contribution in [-0.2, 0) is 11.2 Å². The van der Waals surface area contributed by atoms with Gasteiger partial charge in [0.1, 0.15) is 6.10 Å². The van der Waals surface area contributed by atoms with Gasteiger partial charge in [-0.2, -0.15) is 0 Å². The Labute approximate surface area is 120 Å². The van der Waals surface area contributed by atoms with Crippen LogP contribution in [0.15, 0.2) is 59.1 Å². The lowest BCUT2D eigenvalue weighted by atomic mass is 10.1. The number of nitrogens with one attached hydrogen (secondary N) is 1. The minimum atomic E-state index is -1.05. The molecule has 2 N–H and O–H groups in total. The maximum absolute atomic E-state index is 11.8. The van der Waals surface area contributed by atoms with Crippen LogP contribution in [0.25, 0.3) is 0 Å². The minimum Gasteiger partial charge on any atom is -0.383 e. The summed E-state index contributed by atoms with van der Waals surface area (Å²) in [5, 5.41) is 12.5. The highest BCUT2D eigenvalue weighted by Gasteiger charge is 2.15. The van der Waals surface area contributed by atoms with Crippen LogP contribution in [-0.4, -0.2) is 17.1 Å². The maximum atomic E-state index is 11.8. The van der Waals surface area contributed by atoms with Gasteiger partial charge in [-0.05, 0) is 29.8 Å². The van der Waals surface area contributed by atoms with Crippen LogP contribution in [0.1, 0.15) is 5.56 Å². The minimum absolute atomic E-state index is 0.309. The van der Waals surface area contributed by atoms with E-state index in [0.717, 1.165) is 10.0 Å². The molecule has 0 saturated heterocycles. The maximum Gasteiger partial charge on any atom is 0.253 e. The molecule has 0 bridgehead atoms. The Morgan fingerprint density at radius 3 is 2.37 bits per heavy atom. The van der Waals surface area contributed by atoms with Crippen molar-refractivity contribution in [1.29, 1.82) is 0 Å². The fourth-order valence-electron chi connectivity index (χ4n) is 1.69. The monoisotopic (exact) mass is 319 g/mol. The van der Waals surface area contributed by atoms with Gasteiger partial charge in [-0.25, -0.2) is 0 Å². The van der Waals surface area contributed by atoms with Crippen molar-refractivity contribution in [2.75, 3.05) is 5.32 Å². The molecule has 3 nitrogen and oxygen atoms in total. The molecule has 0 aliphatic carbocycles. The Morgan fingerprint density at radius 2 is 1.74 bits per heavy atom. The third-order valence-corrected chi connectivity index (χ3v) is 3.21. The van der Waals surface area contributed by atoms with Crippen molar-refractivity contribution in [3.8, 4) is 0 Å². The highest BCUT2D eigenvalue weighted by molar-refractivity contribution is 9.10. The highest BCUT2D eigenvalue weighted by atomic mass is 79.9. The van der Waals surface area contributed by atoms with E-state index in [1.807, 2.05) is 42.5 Å². The van der Waals surface area contributed by atoms with E-state index in [2.05, 4.69) is 21.2 Å². The molecule has 2 rings (SSSR count). The van der Waals surface area contributed by atoms with Crippen molar-refractivity contribution < 1.29 is 9.90 Å². The van der Waals surface area contributed by atoms with Gasteiger partial charge in [0.15, 0.2) is 0 Å². The van der Waals surface area contributed by atoms with Crippen LogP contribution < -0.4 is 5.32 Å². The summed E-state index contributed by atoms with van der Waals surface area (Å²) >= 11 is 3.32. The summed E-state index contributed by atoms with van der Waals surface area (Å²) in [6, 6.07) is 16.7. The highest BCUT2D eigenvalue weighted by Crippen LogP contribution is 2.14. The predicted molar refractivity (Wildman–Crippen MR) is 78.9 cm³/mol. The molecule has 0 spiro atoms. The average molecular weight is 320 g/mol. The predicted octanol–water partition coefficient (Wildman–Crippen LogP) is 2.99. The number of aliphatic hydroxyl groups excluding tert-OH is 1. The third-order valence-electron chi connectivity index (χ3n) is 2.69. The lowest BCUT2D eigenvalue weighted by molar-refractivity contribution is -0.123. The molecule has 0 saturated carbocycles. The van der Waals surface area contributed by atoms with Gasteiger partial charge >= 0.3 is 0 Å². The molecule has 0 aliphatic rings. The summed E-state index contributed by atoms with van der Waals surface area (Å²) in [6.07, 6.45) is -0.741. The number of aliphatic hydroxyl groups is 1. The van der Waals surface area contributed by atoms with Crippen LogP contribution in [0.2, 0.25) is 0 Å². The number of benzene rings is 2. The van der Waals surface area contributed by atoms with E-state index in [0.29, 0.717) is 12.1 Å². The molecule has 0 aliphatic heterocycles. The summed E-state index contributed by atoms with van der Waals surface area (Å²) in [5.74, 6) is -0.397. The van der Waals surface area contributed by atoms with E-state index in [1.165, 1.54) is 0 Å². The van der Waals surface area contributed by atoms with E-state index < -0.39 is 12.0 Å². The van der Waals surface area contributed by atoms with Crippen LogP contribution in [0.5, 0.6) is 0 Å². The molecule has 2 aromatic carbocycles. The fourth-order valence-corrected chi connectivity index (χ4v) is 1.95. The number of rotatable bonds is 4. The Bertz CT molecular complexity index is 540. The van der Waals surface area contributed by atoms with Gasteiger partial charge in [-0.1, -0.05) is 46.3 Å². The second kappa shape index (κ2) is 6.50. The second-order valence-electron chi connectivity index (χ2n) is 4.20. The zero-order valence-corrected chi connectivity index (χ0v) is 11.8. The Kier molecular flexibility index (Phi) is 4.71. The van der Waals surface area contributed by atoms with Crippen molar-refractivity contribution >= 4 is 27.5 Å². The first-order valence-corrected chi connectivity index (χ1v) is 6.73. The topological polar surface area (TPSA) is 49.3 Å². The zero-order valence-electron chi connectivity index (χ0n) is 10.2. The second-order valence-corrected chi connectivity index (χ2v) is 5.12. The van der Waals surface area contributed by atoms with Gasteiger partial charge in [0, 0.05) is 16.6 Å². The van der Waals surface area contributed by atoms with Crippen molar-refractivity contribution in [3.05, 3.63) is 64.6 Å². The van der Waals surface area contributed by atoms with E-state index in [-0.39, 0.29) is 0 Å². The zero-order chi connectivity index (χ0) is 13.7. The van der Waals surface area contributed by atoms with Crippen LogP contribution in [0.3, 0.4) is 0 Å². The summed E-state index contributed by atoms with van der Waals surface area (Å²) in [4.78, 5) is 11.8. The number of hydrogen-bond donors (Lipinski definition) is 2. The molecule has 0 radical (unpaired) electrons. The lowest BCUT2D eigenvalue weighted by Crippen LogP contribution is -2.29. The molecule has 19 heavy (non-hydrogen) atoms. The number of halogens is 1. The number of amides is 1. The fraction of sp³-hybridized carbons (Fsp3) is 0.133. The molecule has 4 heteroatoms. The van der Waals surface area contributed by atoms with Crippen molar-refractivity contribution in [2.24, 2.45) is 0 Å². The number of carbonyl (C=O) groups excluding carboxylic acids is 1. The van der Waals surface area contributed by atoms with Gasteiger partial charge < -0.3 is 10.4 Å². The Hall–Kier alpha value is -1.65. The van der Waals surface area contributed by atoms with E-state index in [4.69, 9.17) is 0 Å². The quantitative estimate of drug-likeness (QED) is 0.910. The van der Waals surface area contributed by atoms with Gasteiger partial charge in [-0.15, -0.1) is 0 Å². The average Bonchev–Trinajstić information content (AvgIpc) is 2.42. The summed E-state index contributed by atoms with van der Waals surface area (Å²) < 4.78 is 0.940. The van der Waals surface area contributed by atoms with Crippen molar-refractivity contribution in [3.63, 3.8) is 0 Å². The Morgan fingerprint density at radius 1 is 1.11 bits per heavy atom. The van der Waals surface area contributed by atoms with Crippen molar-refractivity contribution in [1.82, 2.24) is 0 Å². The first-order valence-electron chi connectivity index (χ1n) is 5.93. The molecule has 1 atom stereocenters. The molecular formula is C15H14BrNO2. The molecular weight excluding hydrogens is 306 g/mol. The molecule has 0 heterocycles. The van der Waals surface area contributed by atoms with Crippen LogP contribution in [0.4, 0.5) is 5.69 Å². The SMILES string of the molecule is O=C(Nc1ccc(Br)cc1)C(O)Cc1ccccc1. The van der Waals surface area contributed by atoms with Gasteiger partial charge in [-0.3, -0.25) is 4.79 Å². The smallest absolute Gasteiger partial charge is 0.253 e. The number of hydrogen-bond acceptors (Lipinski definition) is 2. The van der Waals surface area contributed by atoms with Crippen LogP contribution in [0, 0.1) is 0 Å². The van der Waals surface area contributed by atoms with Crippen LogP contribution >= 0.6 is 15.9 Å². The van der Waals surface area contributed by atoms with Crippen molar-refractivity contribution in [2.45, 2.75) is 12.5 Å². The number of anilines is 1. The van der Waals surface area contributed by atoms with E-state index in [9.17, 15) is 9.90 Å². The van der Waals surface area contributed by atoms with E-state index in [1.54, 1.807) is 12.1 Å². The molecule has 2 aromatic rings. The first-order chi connectivity index (χ1) is 9.15. The van der Waals surface area contributed by atoms with Gasteiger partial charge in [0.25, 0.3) is 5.91 Å². The van der Waals surface area contributed by atoms with Gasteiger partial charge in [0.05, 0.1) is 0 Å². The molecule has 0 fully saturated rings. The normalized spacial score (nSPS) is 11.9. The summed E-state index contributed by atoms with van der Waals surface area (Å²) in [5.41, 5.74) is 1.60. The first kappa shape index (κ1) is 13.8. The Balaban J connectivity index is 1.94. The third kappa shape index (κ3) is 4.19. The lowest BCUT2D eigenvalue weighted by Gasteiger charge is -2.11. The van der Waals surface area contributed by atoms with E-state index >= 15 is 0 Å². The number of carbonyl (C=O) groups is 1. The molecule has 98 valence electrons. The van der Waals surface area contributed by atoms with Gasteiger partial charge in [0.2, 0.25) is 0 Å². The summed E-state index contributed by atoms with van der Waals surface area (Å²) in [6.45, 7) is 0. The largest absolute Gasteiger partial charge is 0.383 e. The molecule has 1 unspecified atom stereocenters. The molecule has 0 aromatic heterocycles.